The van der Waals surface area contributed by atoms with Gasteiger partial charge in [-0.05, 0) is 156 Å². The van der Waals surface area contributed by atoms with Gasteiger partial charge < -0.3 is 18.3 Å². The van der Waals surface area contributed by atoms with Gasteiger partial charge in [-0.1, -0.05) is 346 Å². The van der Waals surface area contributed by atoms with Crippen LogP contribution in [-0.4, -0.2) is 48.2 Å². The molecule has 0 bridgehead atoms. The highest BCUT2D eigenvalue weighted by Crippen LogP contribution is 2.52. The van der Waals surface area contributed by atoms with Gasteiger partial charge in [0.05, 0.1) is 66.9 Å². The van der Waals surface area contributed by atoms with E-state index in [1.807, 2.05) is 42.5 Å². The molecule has 6 aromatic heterocycles. The van der Waals surface area contributed by atoms with Crippen molar-refractivity contribution in [2.45, 2.75) is 0 Å². The van der Waals surface area contributed by atoms with Gasteiger partial charge in [0.1, 0.15) is 0 Å². The maximum atomic E-state index is 5.84. The SMILES string of the molecule is c1ccc(-c2nc(-c3cccc(-c4cccc5c6cc(-c7c(-c8nc(-c9ccccc9)nc(-c9ccccc9)n8)ccc(-n8c9ccccc9c9ccccc98)c7-n7c8ccccc8c8ccccc87)ccc6c6ccccc6c45)c3)nc(-c3ccc(-n4c5ccccc5c5ccccc54)c(-n4c5ccccc5c5ccccc54)c3-c3ccc4ccccc4c3)n2)cc1. The van der Waals surface area contributed by atoms with Gasteiger partial charge in [-0.3, -0.25) is 0 Å². The van der Waals surface area contributed by atoms with Crippen LogP contribution in [0.2, 0.25) is 0 Å². The normalized spacial score (nSPS) is 11.9. The molecular formula is C118H72N10. The fourth-order valence-corrected chi connectivity index (χ4v) is 20.5. The van der Waals surface area contributed by atoms with Crippen molar-refractivity contribution in [2.24, 2.45) is 0 Å². The second-order valence-electron chi connectivity index (χ2n) is 33.1. The quantitative estimate of drug-likeness (QED) is 0.107. The van der Waals surface area contributed by atoms with E-state index in [0.717, 1.165) is 209 Å². The second-order valence-corrected chi connectivity index (χ2v) is 33.1. The number of benzene rings is 20. The molecule has 6 heterocycles. The van der Waals surface area contributed by atoms with Gasteiger partial charge in [-0.2, -0.15) is 0 Å². The van der Waals surface area contributed by atoms with Crippen LogP contribution < -0.4 is 0 Å². The standard InChI is InChI=1S/C118H72N10/c1-4-33-74(34-5-1)113-119-114(75-35-6-2-7-36-75)122-117(121-113)96-67-69-107(126-100-56-24-16-45-87(100)88-46-17-25-57-101(88)126)112(128-104-60-28-20-49-91(104)92-50-21-29-61-105(92)128)109(96)80-64-65-84-83-42-12-13-51-93(83)110-82(52-31-53-94(110)97(84)72-80)78-40-30-41-81(71-78)116-120-115(76-37-8-3-9-38-76)123-118(124-116)95-66-68-106(125-98-54-22-14-43-85(98)86-44-15-23-55-99(86)125)111(108(95)79-63-62-73-32-10-11-39-77(73)70-79)127-102-58-26-18-47-89(102)90-48-19-27-59-103(90)127/h1-72H. The fraction of sp³-hybridized carbons (Fsp3) is 0. The summed E-state index contributed by atoms with van der Waals surface area (Å²) in [5, 5.41) is 18.2. The minimum absolute atomic E-state index is 0.533. The van der Waals surface area contributed by atoms with Gasteiger partial charge in [-0.25, -0.2) is 29.9 Å². The molecular weight excluding hydrogens is 1560 g/mol. The second kappa shape index (κ2) is 29.2. The monoisotopic (exact) mass is 1630 g/mol. The van der Waals surface area contributed by atoms with Crippen LogP contribution in [0.25, 0.3) is 255 Å². The summed E-state index contributed by atoms with van der Waals surface area (Å²) < 4.78 is 9.93. The van der Waals surface area contributed by atoms with Crippen LogP contribution >= 0.6 is 0 Å². The molecule has 26 rings (SSSR count). The van der Waals surface area contributed by atoms with E-state index < -0.39 is 0 Å². The minimum atomic E-state index is 0.533. The Bertz CT molecular complexity index is 8820. The van der Waals surface area contributed by atoms with Gasteiger partial charge in [0, 0.05) is 87.6 Å². The first kappa shape index (κ1) is 72.3. The highest BCUT2D eigenvalue weighted by atomic mass is 15.1. The lowest BCUT2D eigenvalue weighted by Gasteiger charge is -2.24. The molecule has 128 heavy (non-hydrogen) atoms. The number of nitrogens with zero attached hydrogens (tertiary/aromatic N) is 10. The highest BCUT2D eigenvalue weighted by molar-refractivity contribution is 6.29. The Morgan fingerprint density at radius 1 is 0.148 bits per heavy atom. The van der Waals surface area contributed by atoms with Crippen LogP contribution in [0.5, 0.6) is 0 Å². The molecule has 0 N–H and O–H groups in total. The number of hydrogen-bond donors (Lipinski definition) is 0. The lowest BCUT2D eigenvalue weighted by atomic mass is 9.87. The van der Waals surface area contributed by atoms with E-state index in [-0.39, 0.29) is 0 Å². The number of aromatic nitrogens is 10. The van der Waals surface area contributed by atoms with Crippen LogP contribution in [0, 0.1) is 0 Å². The van der Waals surface area contributed by atoms with Crippen LogP contribution in [0.15, 0.2) is 437 Å². The van der Waals surface area contributed by atoms with Gasteiger partial charge >= 0.3 is 0 Å². The minimum Gasteiger partial charge on any atom is -0.307 e. The lowest BCUT2D eigenvalue weighted by molar-refractivity contribution is 1.06. The molecule has 26 aromatic rings. The maximum Gasteiger partial charge on any atom is 0.164 e. The average Bonchev–Trinajstić information content (AvgIpc) is 1.66. The Kier molecular flexibility index (Phi) is 16.5. The third-order valence-electron chi connectivity index (χ3n) is 26.0. The highest BCUT2D eigenvalue weighted by Gasteiger charge is 2.31. The van der Waals surface area contributed by atoms with Crippen molar-refractivity contribution in [1.29, 1.82) is 0 Å². The molecule has 0 saturated carbocycles. The zero-order valence-electron chi connectivity index (χ0n) is 69.0. The van der Waals surface area contributed by atoms with E-state index in [4.69, 9.17) is 29.9 Å². The smallest absolute Gasteiger partial charge is 0.164 e. The van der Waals surface area contributed by atoms with Crippen molar-refractivity contribution < 1.29 is 0 Å². The van der Waals surface area contributed by atoms with Gasteiger partial charge in [0.25, 0.3) is 0 Å². The number of hydrogen-bond acceptors (Lipinski definition) is 6. The number of rotatable bonds is 13. The summed E-state index contributed by atoms with van der Waals surface area (Å²) in [6.45, 7) is 0. The van der Waals surface area contributed by atoms with Gasteiger partial charge in [0.15, 0.2) is 34.9 Å². The first-order valence-corrected chi connectivity index (χ1v) is 43.5. The van der Waals surface area contributed by atoms with E-state index in [1.54, 1.807) is 0 Å². The van der Waals surface area contributed by atoms with Crippen LogP contribution in [-0.2, 0) is 0 Å². The Hall–Kier alpha value is -17.3. The van der Waals surface area contributed by atoms with Gasteiger partial charge in [0.2, 0.25) is 0 Å². The van der Waals surface area contributed by atoms with E-state index in [2.05, 4.69) is 413 Å². The molecule has 0 aliphatic carbocycles. The van der Waals surface area contributed by atoms with Crippen molar-refractivity contribution >= 4 is 130 Å². The largest absolute Gasteiger partial charge is 0.307 e. The summed E-state index contributed by atoms with van der Waals surface area (Å²) in [4.78, 5) is 33.7. The fourth-order valence-electron chi connectivity index (χ4n) is 20.5. The number of para-hydroxylation sites is 8. The zero-order chi connectivity index (χ0) is 84.0. The van der Waals surface area contributed by atoms with Crippen LogP contribution in [0.3, 0.4) is 0 Å². The molecule has 594 valence electrons. The Balaban J connectivity index is 0.722. The number of fused-ring (bicyclic) bond motifs is 19. The molecule has 0 amide bonds. The maximum absolute atomic E-state index is 5.84. The van der Waals surface area contributed by atoms with Crippen molar-refractivity contribution in [3.05, 3.63) is 437 Å². The molecule has 0 aliphatic rings. The third kappa shape index (κ3) is 11.4. The third-order valence-corrected chi connectivity index (χ3v) is 26.0. The molecule has 0 spiro atoms. The van der Waals surface area contributed by atoms with Gasteiger partial charge in [-0.15, -0.1) is 0 Å². The van der Waals surface area contributed by atoms with E-state index in [0.29, 0.717) is 34.9 Å². The summed E-state index contributed by atoms with van der Waals surface area (Å²) in [7, 11) is 0. The van der Waals surface area contributed by atoms with E-state index in [9.17, 15) is 0 Å². The lowest BCUT2D eigenvalue weighted by Crippen LogP contribution is -2.08. The topological polar surface area (TPSA) is 97.1 Å². The van der Waals surface area contributed by atoms with E-state index in [1.165, 1.54) is 10.8 Å². The molecule has 0 fully saturated rings. The Morgan fingerprint density at radius 3 is 0.875 bits per heavy atom. The Morgan fingerprint density at radius 2 is 0.445 bits per heavy atom. The molecule has 20 aromatic carbocycles. The summed E-state index contributed by atoms with van der Waals surface area (Å²) in [5.74, 6) is 3.31. The van der Waals surface area contributed by atoms with Crippen LogP contribution in [0.4, 0.5) is 0 Å². The first-order chi connectivity index (χ1) is 63.5. The first-order valence-electron chi connectivity index (χ1n) is 43.5. The summed E-state index contributed by atoms with van der Waals surface area (Å²) in [6, 6.07) is 158. The molecule has 0 saturated heterocycles. The van der Waals surface area contributed by atoms with Crippen molar-refractivity contribution in [1.82, 2.24) is 48.2 Å². The zero-order valence-corrected chi connectivity index (χ0v) is 69.0. The van der Waals surface area contributed by atoms with Crippen LogP contribution in [0.1, 0.15) is 0 Å². The predicted molar refractivity (Wildman–Crippen MR) is 530 cm³/mol. The molecule has 0 aliphatic heterocycles. The summed E-state index contributed by atoms with van der Waals surface area (Å²) in [5.41, 5.74) is 23.8. The molecule has 0 atom stereocenters. The van der Waals surface area contributed by atoms with E-state index >= 15 is 0 Å². The molecule has 0 unspecified atom stereocenters. The van der Waals surface area contributed by atoms with Crippen molar-refractivity contribution in [3.8, 4) is 124 Å². The summed E-state index contributed by atoms with van der Waals surface area (Å²) >= 11 is 0. The predicted octanol–water partition coefficient (Wildman–Crippen LogP) is 30.1. The summed E-state index contributed by atoms with van der Waals surface area (Å²) in [6.07, 6.45) is 0. The molecule has 0 radical (unpaired) electrons. The molecule has 10 nitrogen and oxygen atoms in total. The average molecular weight is 1630 g/mol. The molecule has 10 heteroatoms. The van der Waals surface area contributed by atoms with Crippen molar-refractivity contribution in [3.63, 3.8) is 0 Å². The Labute approximate surface area is 734 Å². The van der Waals surface area contributed by atoms with Crippen molar-refractivity contribution in [2.75, 3.05) is 0 Å².